The van der Waals surface area contributed by atoms with Crippen molar-refractivity contribution in [3.8, 4) is 6.07 Å². The molecule has 0 aromatic carbocycles. The van der Waals surface area contributed by atoms with Crippen LogP contribution >= 0.6 is 0 Å². The molecule has 0 atom stereocenters. The molecule has 0 spiro atoms. The van der Waals surface area contributed by atoms with Crippen LogP contribution in [0.3, 0.4) is 0 Å². The predicted octanol–water partition coefficient (Wildman–Crippen LogP) is 1.04. The SMILES string of the molecule is CC1(C(=O)O)CCN(c2nccnc2C#N)CC1. The lowest BCUT2D eigenvalue weighted by Gasteiger charge is -2.37. The predicted molar refractivity (Wildman–Crippen MR) is 63.9 cm³/mol. The summed E-state index contributed by atoms with van der Waals surface area (Å²) in [5.74, 6) is -0.214. The Hall–Kier alpha value is -2.16. The minimum absolute atomic E-state index is 0.288. The fourth-order valence-corrected chi connectivity index (χ4v) is 2.07. The Morgan fingerprint density at radius 2 is 2.06 bits per heavy atom. The number of hydrogen-bond donors (Lipinski definition) is 1. The van der Waals surface area contributed by atoms with Crippen molar-refractivity contribution in [3.63, 3.8) is 0 Å². The second-order valence-electron chi connectivity index (χ2n) is 4.69. The molecular weight excluding hydrogens is 232 g/mol. The van der Waals surface area contributed by atoms with Gasteiger partial charge in [0.1, 0.15) is 6.07 Å². The summed E-state index contributed by atoms with van der Waals surface area (Å²) in [6, 6.07) is 2.00. The molecule has 0 amide bonds. The van der Waals surface area contributed by atoms with Crippen molar-refractivity contribution in [1.29, 1.82) is 5.26 Å². The van der Waals surface area contributed by atoms with Gasteiger partial charge in [-0.1, -0.05) is 0 Å². The Bertz CT molecular complexity index is 501. The number of carbonyl (C=O) groups is 1. The van der Waals surface area contributed by atoms with Crippen molar-refractivity contribution >= 4 is 11.8 Å². The largest absolute Gasteiger partial charge is 0.481 e. The number of carboxylic acids is 1. The lowest BCUT2D eigenvalue weighted by Crippen LogP contribution is -2.43. The van der Waals surface area contributed by atoms with E-state index in [4.69, 9.17) is 10.4 Å². The van der Waals surface area contributed by atoms with Crippen molar-refractivity contribution < 1.29 is 9.90 Å². The van der Waals surface area contributed by atoms with Crippen LogP contribution in [0.4, 0.5) is 5.82 Å². The first-order valence-electron chi connectivity index (χ1n) is 5.76. The zero-order valence-corrected chi connectivity index (χ0v) is 10.1. The molecule has 0 aliphatic carbocycles. The zero-order valence-electron chi connectivity index (χ0n) is 10.1. The van der Waals surface area contributed by atoms with Crippen molar-refractivity contribution in [2.45, 2.75) is 19.8 Å². The molecule has 1 aromatic rings. The Labute approximate surface area is 105 Å². The maximum Gasteiger partial charge on any atom is 0.309 e. The summed E-state index contributed by atoms with van der Waals surface area (Å²) in [4.78, 5) is 21.2. The van der Waals surface area contributed by atoms with Crippen LogP contribution in [0.2, 0.25) is 0 Å². The smallest absolute Gasteiger partial charge is 0.309 e. The number of aromatic nitrogens is 2. The van der Waals surface area contributed by atoms with E-state index in [-0.39, 0.29) is 5.69 Å². The van der Waals surface area contributed by atoms with Crippen LogP contribution in [0.15, 0.2) is 12.4 Å². The van der Waals surface area contributed by atoms with E-state index in [1.165, 1.54) is 6.20 Å². The molecule has 1 aliphatic heterocycles. The average molecular weight is 246 g/mol. The Morgan fingerprint density at radius 3 is 2.61 bits per heavy atom. The third kappa shape index (κ3) is 2.12. The Balaban J connectivity index is 2.15. The van der Waals surface area contributed by atoms with Gasteiger partial charge in [0, 0.05) is 25.5 Å². The van der Waals surface area contributed by atoms with Crippen molar-refractivity contribution in [3.05, 3.63) is 18.1 Å². The molecule has 0 radical (unpaired) electrons. The third-order valence-corrected chi connectivity index (χ3v) is 3.47. The van der Waals surface area contributed by atoms with Crippen LogP contribution in [0.1, 0.15) is 25.5 Å². The van der Waals surface area contributed by atoms with Gasteiger partial charge in [-0.05, 0) is 19.8 Å². The second-order valence-corrected chi connectivity index (χ2v) is 4.69. The van der Waals surface area contributed by atoms with Crippen LogP contribution in [0.25, 0.3) is 0 Å². The van der Waals surface area contributed by atoms with Gasteiger partial charge >= 0.3 is 5.97 Å². The number of anilines is 1. The number of rotatable bonds is 2. The molecule has 2 rings (SSSR count). The quantitative estimate of drug-likeness (QED) is 0.838. The summed E-state index contributed by atoms with van der Waals surface area (Å²) in [5.41, 5.74) is -0.387. The topological polar surface area (TPSA) is 90.1 Å². The van der Waals surface area contributed by atoms with Gasteiger partial charge in [0.25, 0.3) is 0 Å². The lowest BCUT2D eigenvalue weighted by atomic mass is 9.80. The molecule has 1 N–H and O–H groups in total. The first-order chi connectivity index (χ1) is 8.57. The highest BCUT2D eigenvalue weighted by atomic mass is 16.4. The van der Waals surface area contributed by atoms with E-state index >= 15 is 0 Å². The standard InChI is InChI=1S/C12H14N4O2/c1-12(11(17)18)2-6-16(7-3-12)10-9(8-13)14-4-5-15-10/h4-5H,2-3,6-7H2,1H3,(H,17,18). The number of hydrogen-bond acceptors (Lipinski definition) is 5. The van der Waals surface area contributed by atoms with E-state index < -0.39 is 11.4 Å². The van der Waals surface area contributed by atoms with Crippen LogP contribution < -0.4 is 4.90 Å². The molecule has 2 heterocycles. The molecule has 0 saturated carbocycles. The second kappa shape index (κ2) is 4.61. The average Bonchev–Trinajstić information content (AvgIpc) is 2.39. The van der Waals surface area contributed by atoms with Crippen LogP contribution in [0.5, 0.6) is 0 Å². The summed E-state index contributed by atoms with van der Waals surface area (Å²) < 4.78 is 0. The van der Waals surface area contributed by atoms with Gasteiger partial charge in [-0.25, -0.2) is 9.97 Å². The maximum absolute atomic E-state index is 11.1. The molecular formula is C12H14N4O2. The van der Waals surface area contributed by atoms with E-state index in [0.29, 0.717) is 31.7 Å². The van der Waals surface area contributed by atoms with Crippen LogP contribution in [-0.4, -0.2) is 34.1 Å². The summed E-state index contributed by atoms with van der Waals surface area (Å²) in [6.07, 6.45) is 4.11. The number of nitrogens with zero attached hydrogens (tertiary/aromatic N) is 4. The molecule has 94 valence electrons. The van der Waals surface area contributed by atoms with E-state index in [9.17, 15) is 4.79 Å². The molecule has 1 aromatic heterocycles. The summed E-state index contributed by atoms with van der Waals surface area (Å²) in [6.45, 7) is 2.92. The number of carboxylic acid groups (broad SMARTS) is 1. The highest BCUT2D eigenvalue weighted by Gasteiger charge is 2.37. The highest BCUT2D eigenvalue weighted by Crippen LogP contribution is 2.33. The Morgan fingerprint density at radius 1 is 1.44 bits per heavy atom. The van der Waals surface area contributed by atoms with Gasteiger partial charge < -0.3 is 10.0 Å². The number of nitriles is 1. The van der Waals surface area contributed by atoms with Gasteiger partial charge in [-0.2, -0.15) is 5.26 Å². The first-order valence-corrected chi connectivity index (χ1v) is 5.76. The van der Waals surface area contributed by atoms with Gasteiger partial charge in [0.2, 0.25) is 0 Å². The zero-order chi connectivity index (χ0) is 13.2. The molecule has 18 heavy (non-hydrogen) atoms. The van der Waals surface area contributed by atoms with Crippen molar-refractivity contribution in [2.75, 3.05) is 18.0 Å². The monoisotopic (exact) mass is 246 g/mol. The van der Waals surface area contributed by atoms with E-state index in [1.807, 2.05) is 11.0 Å². The van der Waals surface area contributed by atoms with Crippen molar-refractivity contribution in [1.82, 2.24) is 9.97 Å². The number of piperidine rings is 1. The minimum Gasteiger partial charge on any atom is -0.481 e. The Kier molecular flexibility index (Phi) is 3.15. The molecule has 6 nitrogen and oxygen atoms in total. The first kappa shape index (κ1) is 12.3. The van der Waals surface area contributed by atoms with Gasteiger partial charge in [0.15, 0.2) is 11.5 Å². The van der Waals surface area contributed by atoms with Gasteiger partial charge in [-0.3, -0.25) is 4.79 Å². The highest BCUT2D eigenvalue weighted by molar-refractivity contribution is 5.74. The van der Waals surface area contributed by atoms with E-state index in [1.54, 1.807) is 13.1 Å². The lowest BCUT2D eigenvalue weighted by molar-refractivity contribution is -0.149. The maximum atomic E-state index is 11.1. The molecule has 6 heteroatoms. The van der Waals surface area contributed by atoms with E-state index in [0.717, 1.165) is 0 Å². The molecule has 0 unspecified atom stereocenters. The fourth-order valence-electron chi connectivity index (χ4n) is 2.07. The summed E-state index contributed by atoms with van der Waals surface area (Å²) in [5, 5.41) is 18.1. The van der Waals surface area contributed by atoms with Crippen LogP contribution in [-0.2, 0) is 4.79 Å². The van der Waals surface area contributed by atoms with Crippen LogP contribution in [0, 0.1) is 16.7 Å². The van der Waals surface area contributed by atoms with Gasteiger partial charge in [0.05, 0.1) is 5.41 Å². The fraction of sp³-hybridized carbons (Fsp3) is 0.500. The molecule has 0 bridgehead atoms. The summed E-state index contributed by atoms with van der Waals surface area (Å²) >= 11 is 0. The normalized spacial score (nSPS) is 18.1. The van der Waals surface area contributed by atoms with E-state index in [2.05, 4.69) is 9.97 Å². The minimum atomic E-state index is -0.762. The molecule has 1 fully saturated rings. The molecule has 1 saturated heterocycles. The number of aliphatic carboxylic acids is 1. The summed E-state index contributed by atoms with van der Waals surface area (Å²) in [7, 11) is 0. The van der Waals surface area contributed by atoms with Gasteiger partial charge in [-0.15, -0.1) is 0 Å². The molecule has 1 aliphatic rings. The third-order valence-electron chi connectivity index (χ3n) is 3.47. The van der Waals surface area contributed by atoms with Crippen molar-refractivity contribution in [2.24, 2.45) is 5.41 Å².